The molecule has 148 valence electrons. The van der Waals surface area contributed by atoms with Gasteiger partial charge in [-0.05, 0) is 50.0 Å². The van der Waals surface area contributed by atoms with E-state index >= 15 is 0 Å². The van der Waals surface area contributed by atoms with Gasteiger partial charge in [-0.2, -0.15) is 0 Å². The van der Waals surface area contributed by atoms with Gasteiger partial charge in [0, 0.05) is 6.42 Å². The van der Waals surface area contributed by atoms with Crippen molar-refractivity contribution in [2.24, 2.45) is 40.2 Å². The molecule has 0 aromatic heterocycles. The number of rotatable bonds is 7. The second-order valence-corrected chi connectivity index (χ2v) is 7.12. The summed E-state index contributed by atoms with van der Waals surface area (Å²) in [5.74, 6) is 1.87. The van der Waals surface area contributed by atoms with Crippen molar-refractivity contribution in [3.8, 4) is 0 Å². The molecular weight excluding hydrogens is 344 g/mol. The van der Waals surface area contributed by atoms with Crippen LogP contribution in [0.3, 0.4) is 0 Å². The molecule has 0 radical (unpaired) electrons. The Morgan fingerprint density at radius 2 is 1.96 bits per heavy atom. The van der Waals surface area contributed by atoms with Crippen molar-refractivity contribution in [3.63, 3.8) is 0 Å². The molecule has 11 nitrogen and oxygen atoms in total. The van der Waals surface area contributed by atoms with Crippen molar-refractivity contribution >= 4 is 17.7 Å². The minimum absolute atomic E-state index is 0.0261. The highest BCUT2D eigenvalue weighted by molar-refractivity contribution is 5.86. The standard InChI is InChI=1S/C15H28N6O5/c16-12(22)7-26-13(23)11-4-10-3-8(1-2-9(10)6-19-11)5-15(24,25)14(17)20-21-18/h8-11,19,21,24-25H,1-7,18H2,(H2,16,22)(H2,17,20). The summed E-state index contributed by atoms with van der Waals surface area (Å²) in [6.45, 7) is 0.247. The number of hydrogen-bond donors (Lipinski definition) is 7. The first-order valence-corrected chi connectivity index (χ1v) is 8.65. The van der Waals surface area contributed by atoms with Gasteiger partial charge in [-0.3, -0.25) is 9.59 Å². The lowest BCUT2D eigenvalue weighted by Crippen LogP contribution is -2.51. The van der Waals surface area contributed by atoms with Crippen LogP contribution in [-0.4, -0.2) is 52.9 Å². The zero-order valence-corrected chi connectivity index (χ0v) is 14.6. The van der Waals surface area contributed by atoms with E-state index in [0.717, 1.165) is 19.3 Å². The second-order valence-electron chi connectivity index (χ2n) is 7.12. The monoisotopic (exact) mass is 372 g/mol. The van der Waals surface area contributed by atoms with Crippen molar-refractivity contribution < 1.29 is 24.5 Å². The van der Waals surface area contributed by atoms with Crippen molar-refractivity contribution in [1.29, 1.82) is 0 Å². The number of nitrogens with zero attached hydrogens (tertiary/aromatic N) is 1. The first-order valence-electron chi connectivity index (χ1n) is 8.65. The molecule has 2 rings (SSSR count). The van der Waals surface area contributed by atoms with E-state index in [2.05, 4.69) is 10.4 Å². The summed E-state index contributed by atoms with van der Waals surface area (Å²) >= 11 is 0. The van der Waals surface area contributed by atoms with Crippen LogP contribution in [0.5, 0.6) is 0 Å². The van der Waals surface area contributed by atoms with Crippen LogP contribution in [0.15, 0.2) is 5.10 Å². The Bertz CT molecular complexity index is 555. The molecule has 11 heteroatoms. The van der Waals surface area contributed by atoms with Gasteiger partial charge in [-0.25, -0.2) is 11.4 Å². The quantitative estimate of drug-likeness (QED) is 0.0616. The minimum Gasteiger partial charge on any atom is -0.454 e. The number of ether oxygens (including phenoxy) is 1. The molecule has 1 amide bonds. The fourth-order valence-electron chi connectivity index (χ4n) is 3.94. The van der Waals surface area contributed by atoms with Gasteiger partial charge in [-0.15, -0.1) is 5.10 Å². The molecule has 0 aromatic rings. The number of carbonyl (C=O) groups excluding carboxylic acids is 2. The Kier molecular flexibility index (Phi) is 6.75. The fraction of sp³-hybridized carbons (Fsp3) is 0.800. The molecule has 1 aliphatic heterocycles. The highest BCUT2D eigenvalue weighted by atomic mass is 16.5. The zero-order chi connectivity index (χ0) is 19.3. The first kappa shape index (κ1) is 20.4. The van der Waals surface area contributed by atoms with Gasteiger partial charge in [0.2, 0.25) is 5.79 Å². The van der Waals surface area contributed by atoms with E-state index in [-0.39, 0.29) is 24.1 Å². The number of aliphatic hydroxyl groups is 2. The normalized spacial score (nSPS) is 29.6. The largest absolute Gasteiger partial charge is 0.454 e. The zero-order valence-electron chi connectivity index (χ0n) is 14.6. The fourth-order valence-corrected chi connectivity index (χ4v) is 3.94. The Hall–Kier alpha value is -1.95. The summed E-state index contributed by atoms with van der Waals surface area (Å²) in [7, 11) is 0. The number of nitrogens with two attached hydrogens (primary N) is 3. The van der Waals surface area contributed by atoms with Gasteiger partial charge < -0.3 is 31.7 Å². The molecule has 2 fully saturated rings. The lowest BCUT2D eigenvalue weighted by Gasteiger charge is -2.42. The van der Waals surface area contributed by atoms with Crippen LogP contribution in [0.4, 0.5) is 0 Å². The molecule has 10 N–H and O–H groups in total. The van der Waals surface area contributed by atoms with Crippen LogP contribution in [0.1, 0.15) is 32.1 Å². The molecule has 1 heterocycles. The van der Waals surface area contributed by atoms with Crippen molar-refractivity contribution in [2.45, 2.75) is 43.9 Å². The van der Waals surface area contributed by atoms with E-state index in [4.69, 9.17) is 22.0 Å². The van der Waals surface area contributed by atoms with Gasteiger partial charge >= 0.3 is 5.97 Å². The van der Waals surface area contributed by atoms with E-state index < -0.39 is 30.3 Å². The van der Waals surface area contributed by atoms with Crippen LogP contribution in [0, 0.1) is 17.8 Å². The average Bonchev–Trinajstić information content (AvgIpc) is 2.58. The third-order valence-electron chi connectivity index (χ3n) is 5.22. The maximum Gasteiger partial charge on any atom is 0.323 e. The number of carbonyl (C=O) groups is 2. The van der Waals surface area contributed by atoms with Crippen LogP contribution < -0.4 is 28.2 Å². The molecular formula is C15H28N6O5. The second kappa shape index (κ2) is 8.62. The molecule has 1 saturated carbocycles. The summed E-state index contributed by atoms with van der Waals surface area (Å²) in [6, 6.07) is -0.490. The first-order chi connectivity index (χ1) is 12.2. The summed E-state index contributed by atoms with van der Waals surface area (Å²) in [4.78, 5) is 22.8. The van der Waals surface area contributed by atoms with E-state index in [1.54, 1.807) is 0 Å². The number of piperidine rings is 1. The molecule has 1 aliphatic carbocycles. The number of amidine groups is 1. The molecule has 2 aliphatic rings. The van der Waals surface area contributed by atoms with E-state index in [1.807, 2.05) is 5.53 Å². The van der Waals surface area contributed by atoms with Crippen molar-refractivity contribution in [2.75, 3.05) is 13.2 Å². The van der Waals surface area contributed by atoms with Gasteiger partial charge in [0.25, 0.3) is 5.91 Å². The third kappa shape index (κ3) is 5.27. The topological polar surface area (TPSA) is 198 Å². The van der Waals surface area contributed by atoms with Gasteiger partial charge in [0.05, 0.1) is 0 Å². The Balaban J connectivity index is 1.91. The maximum atomic E-state index is 12.0. The smallest absolute Gasteiger partial charge is 0.323 e. The predicted octanol–water partition coefficient (Wildman–Crippen LogP) is -2.78. The number of esters is 1. The van der Waals surface area contributed by atoms with Crippen LogP contribution in [-0.2, 0) is 14.3 Å². The number of amides is 1. The molecule has 0 aromatic carbocycles. The molecule has 0 spiro atoms. The van der Waals surface area contributed by atoms with Crippen LogP contribution in [0.25, 0.3) is 0 Å². The Labute approximate surface area is 151 Å². The minimum atomic E-state index is -2.24. The number of nitrogens with one attached hydrogen (secondary N) is 2. The van der Waals surface area contributed by atoms with Gasteiger partial charge in [-0.1, -0.05) is 0 Å². The summed E-state index contributed by atoms with van der Waals surface area (Å²) in [5.41, 5.74) is 12.5. The number of hydrazone groups is 1. The lowest BCUT2D eigenvalue weighted by atomic mass is 9.68. The number of fused-ring (bicyclic) bond motifs is 1. The van der Waals surface area contributed by atoms with Crippen LogP contribution >= 0.6 is 0 Å². The maximum absolute atomic E-state index is 12.0. The van der Waals surface area contributed by atoms with E-state index in [0.29, 0.717) is 18.9 Å². The van der Waals surface area contributed by atoms with Crippen LogP contribution in [0.2, 0.25) is 0 Å². The number of hydrazine groups is 1. The Morgan fingerprint density at radius 3 is 2.62 bits per heavy atom. The average molecular weight is 372 g/mol. The highest BCUT2D eigenvalue weighted by Gasteiger charge is 2.41. The molecule has 1 saturated heterocycles. The third-order valence-corrected chi connectivity index (χ3v) is 5.22. The van der Waals surface area contributed by atoms with Gasteiger partial charge in [0.15, 0.2) is 12.4 Å². The SMILES string of the molecule is NN/N=C(\N)C(O)(O)CC1CCC2CNC(C(=O)OCC(N)=O)CC2C1. The number of hydrogen-bond acceptors (Lipinski definition) is 9. The Morgan fingerprint density at radius 1 is 1.23 bits per heavy atom. The van der Waals surface area contributed by atoms with Gasteiger partial charge in [0.1, 0.15) is 6.04 Å². The van der Waals surface area contributed by atoms with Crippen molar-refractivity contribution in [3.05, 3.63) is 0 Å². The molecule has 26 heavy (non-hydrogen) atoms. The molecule has 0 bridgehead atoms. The van der Waals surface area contributed by atoms with Crippen molar-refractivity contribution in [1.82, 2.24) is 10.9 Å². The predicted molar refractivity (Wildman–Crippen MR) is 91.6 cm³/mol. The number of primary amides is 1. The molecule has 4 atom stereocenters. The lowest BCUT2D eigenvalue weighted by molar-refractivity contribution is -0.151. The summed E-state index contributed by atoms with van der Waals surface area (Å²) in [5, 5.41) is 26.8. The highest BCUT2D eigenvalue weighted by Crippen LogP contribution is 2.41. The van der Waals surface area contributed by atoms with E-state index in [9.17, 15) is 19.8 Å². The molecule has 4 unspecified atom stereocenters. The summed E-state index contributed by atoms with van der Waals surface area (Å²) < 4.78 is 4.88. The summed E-state index contributed by atoms with van der Waals surface area (Å²) in [6.07, 6.45) is 3.08. The van der Waals surface area contributed by atoms with E-state index in [1.165, 1.54) is 0 Å².